The number of esters is 1. The SMILES string of the molecule is C=Cc1ccccc1-c1cccc(C(=O)OC)c1. The van der Waals surface area contributed by atoms with Crippen molar-refractivity contribution in [2.75, 3.05) is 7.11 Å². The van der Waals surface area contributed by atoms with Crippen molar-refractivity contribution in [2.24, 2.45) is 0 Å². The van der Waals surface area contributed by atoms with Crippen LogP contribution in [0.1, 0.15) is 15.9 Å². The summed E-state index contributed by atoms with van der Waals surface area (Å²) in [6.45, 7) is 3.80. The Labute approximate surface area is 107 Å². The molecule has 0 unspecified atom stereocenters. The maximum atomic E-state index is 11.5. The molecule has 90 valence electrons. The number of carbonyl (C=O) groups excluding carboxylic acids is 1. The lowest BCUT2D eigenvalue weighted by molar-refractivity contribution is 0.0601. The molecule has 0 aliphatic carbocycles. The third-order valence-electron chi connectivity index (χ3n) is 2.78. The number of rotatable bonds is 3. The Hall–Kier alpha value is -2.35. The summed E-state index contributed by atoms with van der Waals surface area (Å²) >= 11 is 0. The molecule has 0 radical (unpaired) electrons. The minimum absolute atomic E-state index is 0.326. The molecule has 0 aliphatic heterocycles. The number of methoxy groups -OCH3 is 1. The molecule has 0 fully saturated rings. The van der Waals surface area contributed by atoms with Crippen molar-refractivity contribution in [1.29, 1.82) is 0 Å². The third kappa shape index (κ3) is 2.33. The number of hydrogen-bond acceptors (Lipinski definition) is 2. The first kappa shape index (κ1) is 12.1. The Morgan fingerprint density at radius 3 is 2.67 bits per heavy atom. The van der Waals surface area contributed by atoms with Gasteiger partial charge >= 0.3 is 5.97 Å². The van der Waals surface area contributed by atoms with E-state index in [1.54, 1.807) is 12.1 Å². The molecule has 0 saturated carbocycles. The predicted molar refractivity (Wildman–Crippen MR) is 73.3 cm³/mol. The average Bonchev–Trinajstić information content (AvgIpc) is 2.46. The first-order valence-electron chi connectivity index (χ1n) is 5.66. The first-order chi connectivity index (χ1) is 8.76. The quantitative estimate of drug-likeness (QED) is 0.760. The van der Waals surface area contributed by atoms with Gasteiger partial charge in [-0.15, -0.1) is 0 Å². The summed E-state index contributed by atoms with van der Waals surface area (Å²) in [5.74, 6) is -0.326. The molecule has 0 aromatic heterocycles. The van der Waals surface area contributed by atoms with Gasteiger partial charge in [-0.25, -0.2) is 4.79 Å². The Morgan fingerprint density at radius 2 is 1.94 bits per heavy atom. The van der Waals surface area contributed by atoms with Crippen molar-refractivity contribution in [1.82, 2.24) is 0 Å². The van der Waals surface area contributed by atoms with Crippen LogP contribution in [0, 0.1) is 0 Å². The molecule has 2 aromatic carbocycles. The molecule has 0 aliphatic rings. The molecule has 0 spiro atoms. The van der Waals surface area contributed by atoms with Crippen molar-refractivity contribution in [3.63, 3.8) is 0 Å². The van der Waals surface area contributed by atoms with Gasteiger partial charge in [-0.2, -0.15) is 0 Å². The minimum atomic E-state index is -0.326. The zero-order valence-corrected chi connectivity index (χ0v) is 10.2. The maximum Gasteiger partial charge on any atom is 0.337 e. The van der Waals surface area contributed by atoms with E-state index < -0.39 is 0 Å². The van der Waals surface area contributed by atoms with Gasteiger partial charge in [0.15, 0.2) is 0 Å². The van der Waals surface area contributed by atoms with E-state index in [4.69, 9.17) is 4.74 Å². The molecule has 0 heterocycles. The van der Waals surface area contributed by atoms with E-state index in [2.05, 4.69) is 6.58 Å². The van der Waals surface area contributed by atoms with Crippen LogP contribution >= 0.6 is 0 Å². The highest BCUT2D eigenvalue weighted by atomic mass is 16.5. The molecule has 0 N–H and O–H groups in total. The second-order valence-corrected chi connectivity index (χ2v) is 3.86. The van der Waals surface area contributed by atoms with Crippen LogP contribution in [0.2, 0.25) is 0 Å². The molecule has 2 nitrogen and oxygen atoms in total. The van der Waals surface area contributed by atoms with E-state index in [1.165, 1.54) is 7.11 Å². The summed E-state index contributed by atoms with van der Waals surface area (Å²) in [6, 6.07) is 15.3. The second kappa shape index (κ2) is 5.32. The van der Waals surface area contributed by atoms with Gasteiger partial charge in [0, 0.05) is 0 Å². The van der Waals surface area contributed by atoms with Crippen LogP contribution in [0.5, 0.6) is 0 Å². The van der Waals surface area contributed by atoms with Crippen LogP contribution in [0.15, 0.2) is 55.1 Å². The summed E-state index contributed by atoms with van der Waals surface area (Å²) in [6.07, 6.45) is 1.81. The minimum Gasteiger partial charge on any atom is -0.465 e. The van der Waals surface area contributed by atoms with Gasteiger partial charge in [0.1, 0.15) is 0 Å². The lowest BCUT2D eigenvalue weighted by atomic mass is 9.98. The van der Waals surface area contributed by atoms with E-state index in [9.17, 15) is 4.79 Å². The predicted octanol–water partition coefficient (Wildman–Crippen LogP) is 3.78. The third-order valence-corrected chi connectivity index (χ3v) is 2.78. The highest BCUT2D eigenvalue weighted by Crippen LogP contribution is 2.25. The lowest BCUT2D eigenvalue weighted by Gasteiger charge is -2.07. The fraction of sp³-hybridized carbons (Fsp3) is 0.0625. The molecule has 0 saturated heterocycles. The Kier molecular flexibility index (Phi) is 3.58. The smallest absolute Gasteiger partial charge is 0.337 e. The Balaban J connectivity index is 2.51. The van der Waals surface area contributed by atoms with Gasteiger partial charge in [-0.05, 0) is 28.8 Å². The number of carbonyl (C=O) groups is 1. The van der Waals surface area contributed by atoms with Crippen LogP contribution in [0.4, 0.5) is 0 Å². The van der Waals surface area contributed by atoms with Crippen molar-refractivity contribution in [3.05, 3.63) is 66.2 Å². The molecular formula is C16H14O2. The van der Waals surface area contributed by atoms with Crippen LogP contribution in [0.25, 0.3) is 17.2 Å². The largest absolute Gasteiger partial charge is 0.465 e. The van der Waals surface area contributed by atoms with Crippen LogP contribution < -0.4 is 0 Å². The molecule has 0 amide bonds. The summed E-state index contributed by atoms with van der Waals surface area (Å²) in [5.41, 5.74) is 3.63. The highest BCUT2D eigenvalue weighted by molar-refractivity contribution is 5.91. The zero-order chi connectivity index (χ0) is 13.0. The molecule has 2 heteroatoms. The van der Waals surface area contributed by atoms with Gasteiger partial charge in [0.25, 0.3) is 0 Å². The van der Waals surface area contributed by atoms with E-state index in [0.29, 0.717) is 5.56 Å². The van der Waals surface area contributed by atoms with Gasteiger partial charge in [0.05, 0.1) is 12.7 Å². The van der Waals surface area contributed by atoms with Gasteiger partial charge in [0.2, 0.25) is 0 Å². The standard InChI is InChI=1S/C16H14O2/c1-3-12-7-4-5-10-15(12)13-8-6-9-14(11-13)16(17)18-2/h3-11H,1H2,2H3. The lowest BCUT2D eigenvalue weighted by Crippen LogP contribution is -2.00. The van der Waals surface area contributed by atoms with Gasteiger partial charge < -0.3 is 4.74 Å². The molecule has 0 bridgehead atoms. The summed E-state index contributed by atoms with van der Waals surface area (Å²) < 4.78 is 4.72. The van der Waals surface area contributed by atoms with Gasteiger partial charge in [-0.3, -0.25) is 0 Å². The van der Waals surface area contributed by atoms with E-state index in [-0.39, 0.29) is 5.97 Å². The fourth-order valence-corrected chi connectivity index (χ4v) is 1.87. The van der Waals surface area contributed by atoms with Crippen LogP contribution in [0.3, 0.4) is 0 Å². The van der Waals surface area contributed by atoms with Crippen molar-refractivity contribution in [3.8, 4) is 11.1 Å². The molecule has 18 heavy (non-hydrogen) atoms. The normalized spacial score (nSPS) is 9.83. The van der Waals surface area contributed by atoms with E-state index >= 15 is 0 Å². The van der Waals surface area contributed by atoms with Crippen LogP contribution in [-0.4, -0.2) is 13.1 Å². The van der Waals surface area contributed by atoms with Crippen molar-refractivity contribution < 1.29 is 9.53 Å². The number of ether oxygens (including phenoxy) is 1. The summed E-state index contributed by atoms with van der Waals surface area (Å²) in [4.78, 5) is 11.5. The topological polar surface area (TPSA) is 26.3 Å². The molecule has 2 rings (SSSR count). The molecular weight excluding hydrogens is 224 g/mol. The van der Waals surface area contributed by atoms with Crippen molar-refractivity contribution in [2.45, 2.75) is 0 Å². The zero-order valence-electron chi connectivity index (χ0n) is 10.2. The number of hydrogen-bond donors (Lipinski definition) is 0. The number of benzene rings is 2. The molecule has 2 aromatic rings. The fourth-order valence-electron chi connectivity index (χ4n) is 1.87. The highest BCUT2D eigenvalue weighted by Gasteiger charge is 2.07. The van der Waals surface area contributed by atoms with Gasteiger partial charge in [-0.1, -0.05) is 49.1 Å². The Morgan fingerprint density at radius 1 is 1.17 bits per heavy atom. The Bertz CT molecular complexity index is 585. The van der Waals surface area contributed by atoms with Crippen molar-refractivity contribution >= 4 is 12.0 Å². The van der Waals surface area contributed by atoms with E-state index in [1.807, 2.05) is 42.5 Å². The first-order valence-corrected chi connectivity index (χ1v) is 5.66. The van der Waals surface area contributed by atoms with E-state index in [0.717, 1.165) is 16.7 Å². The maximum absolute atomic E-state index is 11.5. The monoisotopic (exact) mass is 238 g/mol. The average molecular weight is 238 g/mol. The second-order valence-electron chi connectivity index (χ2n) is 3.86. The summed E-state index contributed by atoms with van der Waals surface area (Å²) in [7, 11) is 1.38. The summed E-state index contributed by atoms with van der Waals surface area (Å²) in [5, 5.41) is 0. The molecule has 0 atom stereocenters. The van der Waals surface area contributed by atoms with Crippen LogP contribution in [-0.2, 0) is 4.74 Å².